The molecule has 1 unspecified atom stereocenters. The average molecular weight is 352 g/mol. The summed E-state index contributed by atoms with van der Waals surface area (Å²) >= 11 is 0. The fourth-order valence-corrected chi connectivity index (χ4v) is 2.25. The fourth-order valence-electron chi connectivity index (χ4n) is 2.25. The monoisotopic (exact) mass is 352 g/mol. The van der Waals surface area contributed by atoms with Crippen LogP contribution < -0.4 is 4.74 Å². The van der Waals surface area contributed by atoms with Gasteiger partial charge in [0.05, 0.1) is 5.56 Å². The van der Waals surface area contributed by atoms with Crippen LogP contribution in [0.1, 0.15) is 36.6 Å². The van der Waals surface area contributed by atoms with Crippen LogP contribution in [0.2, 0.25) is 0 Å². The third-order valence-electron chi connectivity index (χ3n) is 3.24. The Morgan fingerprint density at radius 1 is 0.920 bits per heavy atom. The first kappa shape index (κ1) is 18.5. The van der Waals surface area contributed by atoms with Crippen LogP contribution in [0.25, 0.3) is 0 Å². The van der Waals surface area contributed by atoms with Crippen molar-refractivity contribution in [3.05, 3.63) is 65.2 Å². The van der Waals surface area contributed by atoms with Gasteiger partial charge < -0.3 is 9.47 Å². The summed E-state index contributed by atoms with van der Waals surface area (Å²) in [5, 5.41) is 0. The highest BCUT2D eigenvalue weighted by molar-refractivity contribution is 5.69. The van der Waals surface area contributed by atoms with Crippen LogP contribution in [0.15, 0.2) is 48.5 Å². The molecule has 0 N–H and O–H groups in total. The maximum Gasteiger partial charge on any atom is 0.416 e. The molecule has 0 heterocycles. The number of carbonyl (C=O) groups is 2. The molecule has 132 valence electrons. The van der Waals surface area contributed by atoms with Crippen LogP contribution in [0.3, 0.4) is 0 Å². The highest BCUT2D eigenvalue weighted by Gasteiger charge is 2.31. The number of benzene rings is 2. The molecule has 0 amide bonds. The van der Waals surface area contributed by atoms with Gasteiger partial charge in [-0.05, 0) is 35.4 Å². The predicted molar refractivity (Wildman–Crippen MR) is 82.8 cm³/mol. The number of hydrogen-bond donors (Lipinski definition) is 0. The van der Waals surface area contributed by atoms with Crippen molar-refractivity contribution in [2.24, 2.45) is 0 Å². The van der Waals surface area contributed by atoms with Gasteiger partial charge in [-0.2, -0.15) is 13.2 Å². The smallest absolute Gasteiger partial charge is 0.416 e. The van der Waals surface area contributed by atoms with Crippen molar-refractivity contribution in [3.63, 3.8) is 0 Å². The molecule has 0 radical (unpaired) electrons. The van der Waals surface area contributed by atoms with E-state index in [9.17, 15) is 22.8 Å². The summed E-state index contributed by atoms with van der Waals surface area (Å²) in [7, 11) is 0. The van der Waals surface area contributed by atoms with Gasteiger partial charge >= 0.3 is 18.1 Å². The average Bonchev–Trinajstić information content (AvgIpc) is 2.52. The van der Waals surface area contributed by atoms with E-state index in [0.717, 1.165) is 12.1 Å². The highest BCUT2D eigenvalue weighted by Crippen LogP contribution is 2.34. The second-order valence-corrected chi connectivity index (χ2v) is 5.28. The van der Waals surface area contributed by atoms with E-state index >= 15 is 0 Å². The number of alkyl halides is 3. The van der Waals surface area contributed by atoms with E-state index in [-0.39, 0.29) is 11.3 Å². The van der Waals surface area contributed by atoms with Crippen molar-refractivity contribution in [1.82, 2.24) is 0 Å². The van der Waals surface area contributed by atoms with Crippen LogP contribution in [0.4, 0.5) is 13.2 Å². The Kier molecular flexibility index (Phi) is 5.46. The van der Waals surface area contributed by atoms with Crippen molar-refractivity contribution in [2.75, 3.05) is 0 Å². The molecule has 0 aromatic heterocycles. The topological polar surface area (TPSA) is 52.6 Å². The summed E-state index contributed by atoms with van der Waals surface area (Å²) in [6.07, 6.45) is -5.51. The van der Waals surface area contributed by atoms with E-state index < -0.39 is 29.8 Å². The quantitative estimate of drug-likeness (QED) is 0.609. The summed E-state index contributed by atoms with van der Waals surface area (Å²) in [5.74, 6) is -0.851. The van der Waals surface area contributed by atoms with E-state index in [0.29, 0.717) is 5.56 Å². The van der Waals surface area contributed by atoms with Crippen LogP contribution in [-0.2, 0) is 20.5 Å². The fraction of sp³-hybridized carbons (Fsp3) is 0.222. The van der Waals surface area contributed by atoms with E-state index in [2.05, 4.69) is 0 Å². The van der Waals surface area contributed by atoms with Gasteiger partial charge in [0.2, 0.25) is 0 Å². The number of carbonyl (C=O) groups excluding carboxylic acids is 2. The third kappa shape index (κ3) is 5.07. The van der Waals surface area contributed by atoms with Crippen molar-refractivity contribution in [1.29, 1.82) is 0 Å². The molecule has 0 fully saturated rings. The van der Waals surface area contributed by atoms with Crippen molar-refractivity contribution in [3.8, 4) is 5.75 Å². The molecule has 25 heavy (non-hydrogen) atoms. The lowest BCUT2D eigenvalue weighted by atomic mass is 9.99. The van der Waals surface area contributed by atoms with E-state index in [1.54, 1.807) is 0 Å². The molecule has 2 rings (SSSR count). The Morgan fingerprint density at radius 2 is 1.56 bits per heavy atom. The Balaban J connectivity index is 2.39. The van der Waals surface area contributed by atoms with Crippen molar-refractivity contribution < 1.29 is 32.2 Å². The molecule has 0 bridgehead atoms. The zero-order valence-electron chi connectivity index (χ0n) is 13.5. The number of ether oxygens (including phenoxy) is 2. The summed E-state index contributed by atoms with van der Waals surface area (Å²) in [5.41, 5.74) is -0.200. The number of hydrogen-bond acceptors (Lipinski definition) is 4. The van der Waals surface area contributed by atoms with E-state index in [4.69, 9.17) is 9.47 Å². The van der Waals surface area contributed by atoms with Gasteiger partial charge in [-0.1, -0.05) is 24.3 Å². The zero-order valence-corrected chi connectivity index (χ0v) is 13.5. The first-order valence-corrected chi connectivity index (χ1v) is 7.29. The Hall–Kier alpha value is -2.83. The largest absolute Gasteiger partial charge is 0.453 e. The standard InChI is InChI=1S/C18H15F3O4/c1-11(22)24-16-8-6-13(7-9-16)17(25-12(2)23)14-4-3-5-15(10-14)18(19,20)21/h3-10,17H,1-2H3. The number of rotatable bonds is 4. The molecule has 0 aliphatic heterocycles. The van der Waals surface area contributed by atoms with Gasteiger partial charge in [0.15, 0.2) is 6.10 Å². The van der Waals surface area contributed by atoms with Crippen molar-refractivity contribution in [2.45, 2.75) is 26.1 Å². The minimum atomic E-state index is -4.50. The first-order valence-electron chi connectivity index (χ1n) is 7.29. The maximum absolute atomic E-state index is 12.9. The minimum absolute atomic E-state index is 0.185. The summed E-state index contributed by atoms with van der Waals surface area (Å²) in [6, 6.07) is 10.6. The Morgan fingerprint density at radius 3 is 2.08 bits per heavy atom. The molecule has 0 saturated heterocycles. The lowest BCUT2D eigenvalue weighted by Crippen LogP contribution is -2.12. The summed E-state index contributed by atoms with van der Waals surface area (Å²) < 4.78 is 48.8. The van der Waals surface area contributed by atoms with Gasteiger partial charge in [-0.25, -0.2) is 0 Å². The molecule has 0 saturated carbocycles. The molecular formula is C18H15F3O4. The van der Waals surface area contributed by atoms with Gasteiger partial charge in [-0.3, -0.25) is 9.59 Å². The predicted octanol–water partition coefficient (Wildman–Crippen LogP) is 4.28. The second-order valence-electron chi connectivity index (χ2n) is 5.28. The zero-order chi connectivity index (χ0) is 18.6. The Labute approximate surface area is 142 Å². The molecule has 1 atom stereocenters. The minimum Gasteiger partial charge on any atom is -0.453 e. The van der Waals surface area contributed by atoms with Crippen LogP contribution in [-0.4, -0.2) is 11.9 Å². The first-order chi connectivity index (χ1) is 11.7. The van der Waals surface area contributed by atoms with E-state index in [1.807, 2.05) is 0 Å². The number of esters is 2. The molecule has 4 nitrogen and oxygen atoms in total. The Bertz CT molecular complexity index is 767. The van der Waals surface area contributed by atoms with Gasteiger partial charge in [0.25, 0.3) is 0 Å². The molecule has 0 spiro atoms. The van der Waals surface area contributed by atoms with Crippen molar-refractivity contribution >= 4 is 11.9 Å². The molecule has 2 aromatic carbocycles. The van der Waals surface area contributed by atoms with Gasteiger partial charge in [0.1, 0.15) is 5.75 Å². The number of halogens is 3. The molecule has 0 aliphatic carbocycles. The van der Waals surface area contributed by atoms with Crippen LogP contribution in [0, 0.1) is 0 Å². The lowest BCUT2D eigenvalue weighted by molar-refractivity contribution is -0.144. The maximum atomic E-state index is 12.9. The SMILES string of the molecule is CC(=O)Oc1ccc(C(OC(C)=O)c2cccc(C(F)(F)F)c2)cc1. The molecule has 2 aromatic rings. The third-order valence-corrected chi connectivity index (χ3v) is 3.24. The molecular weight excluding hydrogens is 337 g/mol. The van der Waals surface area contributed by atoms with Crippen LogP contribution in [0.5, 0.6) is 5.75 Å². The second kappa shape index (κ2) is 7.38. The summed E-state index contributed by atoms with van der Waals surface area (Å²) in [6.45, 7) is 2.42. The van der Waals surface area contributed by atoms with Crippen LogP contribution >= 0.6 is 0 Å². The van der Waals surface area contributed by atoms with Gasteiger partial charge in [0, 0.05) is 13.8 Å². The normalized spacial score (nSPS) is 12.4. The molecule has 0 aliphatic rings. The molecule has 7 heteroatoms. The van der Waals surface area contributed by atoms with Gasteiger partial charge in [-0.15, -0.1) is 0 Å². The lowest BCUT2D eigenvalue weighted by Gasteiger charge is -2.19. The highest BCUT2D eigenvalue weighted by atomic mass is 19.4. The summed E-state index contributed by atoms with van der Waals surface area (Å²) in [4.78, 5) is 22.3. The van der Waals surface area contributed by atoms with E-state index in [1.165, 1.54) is 50.2 Å².